The molecule has 0 heterocycles. The Morgan fingerprint density at radius 2 is 1.54 bits per heavy atom. The van der Waals surface area contributed by atoms with Crippen LogP contribution >= 0.6 is 0 Å². The number of benzene rings is 2. The predicted octanol–water partition coefficient (Wildman–Crippen LogP) is 2.93. The van der Waals surface area contributed by atoms with Crippen LogP contribution < -0.4 is 5.32 Å². The zero-order valence-corrected chi connectivity index (χ0v) is 14.2. The number of azo groups is 1. The Morgan fingerprint density at radius 1 is 1.00 bits per heavy atom. The number of hydrogen-bond acceptors (Lipinski definition) is 5. The van der Waals surface area contributed by atoms with Crippen LogP contribution in [0.4, 0.5) is 17.1 Å². The Hall–Kier alpha value is -2.58. The number of hydrogen-bond donors (Lipinski definition) is 1. The summed E-state index contributed by atoms with van der Waals surface area (Å²) >= 11 is 0. The molecule has 1 amide bonds. The molecule has 0 saturated carbocycles. The summed E-state index contributed by atoms with van der Waals surface area (Å²) < 4.78 is 23.5. The lowest BCUT2D eigenvalue weighted by molar-refractivity contribution is -0.116. The van der Waals surface area contributed by atoms with E-state index >= 15 is 0 Å². The van der Waals surface area contributed by atoms with Gasteiger partial charge in [-0.15, -0.1) is 0 Å². The number of rotatable bonds is 6. The summed E-state index contributed by atoms with van der Waals surface area (Å²) in [4.78, 5) is 11.8. The summed E-state index contributed by atoms with van der Waals surface area (Å²) in [5, 5.41) is 10.8. The Labute approximate surface area is 141 Å². The number of anilines is 1. The van der Waals surface area contributed by atoms with Gasteiger partial charge in [-0.25, -0.2) is 8.42 Å². The molecule has 126 valence electrons. The number of sulfonamides is 1. The third-order valence-electron chi connectivity index (χ3n) is 3.12. The van der Waals surface area contributed by atoms with Gasteiger partial charge in [-0.3, -0.25) is 4.79 Å². The number of nitrogens with zero attached hydrogens (tertiary/aromatic N) is 3. The average molecular weight is 346 g/mol. The molecule has 0 saturated heterocycles. The molecule has 0 unspecified atom stereocenters. The zero-order valence-electron chi connectivity index (χ0n) is 13.4. The molecule has 8 heteroatoms. The highest BCUT2D eigenvalue weighted by Gasteiger charge is 2.14. The van der Waals surface area contributed by atoms with Crippen molar-refractivity contribution < 1.29 is 13.2 Å². The lowest BCUT2D eigenvalue weighted by atomic mass is 10.3. The van der Waals surface area contributed by atoms with E-state index < -0.39 is 15.9 Å². The molecule has 0 atom stereocenters. The second-order valence-corrected chi connectivity index (χ2v) is 7.24. The largest absolute Gasteiger partial charge is 0.325 e. The van der Waals surface area contributed by atoms with Crippen molar-refractivity contribution in [3.63, 3.8) is 0 Å². The van der Waals surface area contributed by atoms with Crippen LogP contribution in [-0.4, -0.2) is 38.5 Å². The first-order chi connectivity index (χ1) is 11.3. The van der Waals surface area contributed by atoms with E-state index in [9.17, 15) is 13.2 Å². The topological polar surface area (TPSA) is 91.2 Å². The van der Waals surface area contributed by atoms with Gasteiger partial charge in [0.25, 0.3) is 0 Å². The van der Waals surface area contributed by atoms with Gasteiger partial charge in [-0.1, -0.05) is 18.2 Å². The van der Waals surface area contributed by atoms with Crippen molar-refractivity contribution in [1.82, 2.24) is 4.31 Å². The quantitative estimate of drug-likeness (QED) is 0.815. The first-order valence-corrected chi connectivity index (χ1v) is 8.97. The van der Waals surface area contributed by atoms with Crippen molar-refractivity contribution >= 4 is 33.0 Å². The third kappa shape index (κ3) is 5.56. The molecule has 7 nitrogen and oxygen atoms in total. The van der Waals surface area contributed by atoms with E-state index in [1.165, 1.54) is 7.05 Å². The Balaban J connectivity index is 1.95. The summed E-state index contributed by atoms with van der Waals surface area (Å²) in [6, 6.07) is 16.1. The van der Waals surface area contributed by atoms with Crippen LogP contribution in [0.1, 0.15) is 0 Å². The van der Waals surface area contributed by atoms with Gasteiger partial charge in [-0.05, 0) is 36.4 Å². The Kier molecular flexibility index (Phi) is 5.78. The van der Waals surface area contributed by atoms with E-state index in [-0.39, 0.29) is 6.54 Å². The minimum absolute atomic E-state index is 0.242. The Morgan fingerprint density at radius 3 is 2.08 bits per heavy atom. The molecule has 0 bridgehead atoms. The van der Waals surface area contributed by atoms with Gasteiger partial charge >= 0.3 is 0 Å². The molecule has 0 aliphatic carbocycles. The maximum atomic E-state index is 11.8. The van der Waals surface area contributed by atoms with Crippen LogP contribution in [0.15, 0.2) is 64.8 Å². The van der Waals surface area contributed by atoms with E-state index in [4.69, 9.17) is 0 Å². The molecule has 0 fully saturated rings. The van der Waals surface area contributed by atoms with Crippen LogP contribution in [0.2, 0.25) is 0 Å². The van der Waals surface area contributed by atoms with Crippen LogP contribution in [0.25, 0.3) is 0 Å². The average Bonchev–Trinajstić information content (AvgIpc) is 2.54. The maximum Gasteiger partial charge on any atom is 0.239 e. The summed E-state index contributed by atoms with van der Waals surface area (Å²) in [6.45, 7) is -0.242. The number of carbonyl (C=O) groups is 1. The zero-order chi connectivity index (χ0) is 17.6. The molecular formula is C16H18N4O3S. The fraction of sp³-hybridized carbons (Fsp3) is 0.188. The number of nitrogens with one attached hydrogen (secondary N) is 1. The molecule has 1 N–H and O–H groups in total. The molecule has 24 heavy (non-hydrogen) atoms. The summed E-state index contributed by atoms with van der Waals surface area (Å²) in [5.41, 5.74) is 1.95. The predicted molar refractivity (Wildman–Crippen MR) is 93.2 cm³/mol. The number of amides is 1. The standard InChI is InChI=1S/C16H18N4O3S/c1-20(24(2,22)23)12-16(21)17-13-8-10-15(11-9-13)19-18-14-6-4-3-5-7-14/h3-11H,12H2,1-2H3,(H,17,21). The first-order valence-electron chi connectivity index (χ1n) is 7.12. The van der Waals surface area contributed by atoms with Crippen LogP contribution in [-0.2, 0) is 14.8 Å². The van der Waals surface area contributed by atoms with Gasteiger partial charge in [0.2, 0.25) is 15.9 Å². The first kappa shape index (κ1) is 17.8. The number of likely N-dealkylation sites (N-methyl/N-ethyl adjacent to an activating group) is 1. The van der Waals surface area contributed by atoms with E-state index in [0.29, 0.717) is 11.4 Å². The highest BCUT2D eigenvalue weighted by atomic mass is 32.2. The van der Waals surface area contributed by atoms with E-state index in [1.807, 2.05) is 30.3 Å². The Bertz CT molecular complexity index is 818. The maximum absolute atomic E-state index is 11.8. The SMILES string of the molecule is CN(CC(=O)Nc1ccc(N=Nc2ccccc2)cc1)S(C)(=O)=O. The monoisotopic (exact) mass is 346 g/mol. The van der Waals surface area contributed by atoms with Crippen molar-refractivity contribution in [2.24, 2.45) is 10.2 Å². The molecule has 0 aliphatic heterocycles. The lowest BCUT2D eigenvalue weighted by Gasteiger charge is -2.13. The van der Waals surface area contributed by atoms with Crippen molar-refractivity contribution in [2.75, 3.05) is 25.2 Å². The smallest absolute Gasteiger partial charge is 0.239 e. The van der Waals surface area contributed by atoms with E-state index in [2.05, 4.69) is 15.5 Å². The molecule has 0 aromatic heterocycles. The molecular weight excluding hydrogens is 328 g/mol. The molecule has 2 aromatic carbocycles. The van der Waals surface area contributed by atoms with Gasteiger partial charge in [-0.2, -0.15) is 14.5 Å². The van der Waals surface area contributed by atoms with Crippen LogP contribution in [0, 0.1) is 0 Å². The normalized spacial score (nSPS) is 11.8. The third-order valence-corrected chi connectivity index (χ3v) is 4.38. The molecule has 0 spiro atoms. The fourth-order valence-corrected chi connectivity index (χ4v) is 2.09. The van der Waals surface area contributed by atoms with Gasteiger partial charge in [0.1, 0.15) is 0 Å². The van der Waals surface area contributed by atoms with E-state index in [1.54, 1.807) is 24.3 Å². The van der Waals surface area contributed by atoms with Crippen LogP contribution in [0.3, 0.4) is 0 Å². The second-order valence-electron chi connectivity index (χ2n) is 5.15. The van der Waals surface area contributed by atoms with Crippen molar-refractivity contribution in [3.8, 4) is 0 Å². The summed E-state index contributed by atoms with van der Waals surface area (Å²) in [7, 11) is -2.04. The minimum Gasteiger partial charge on any atom is -0.325 e. The molecule has 0 radical (unpaired) electrons. The summed E-state index contributed by atoms with van der Waals surface area (Å²) in [6.07, 6.45) is 1.05. The van der Waals surface area contributed by atoms with Gasteiger partial charge in [0.15, 0.2) is 0 Å². The van der Waals surface area contributed by atoms with Gasteiger partial charge in [0.05, 0.1) is 24.2 Å². The fourth-order valence-electron chi connectivity index (χ4n) is 1.74. The lowest BCUT2D eigenvalue weighted by Crippen LogP contribution is -2.34. The van der Waals surface area contributed by atoms with Crippen molar-refractivity contribution in [2.45, 2.75) is 0 Å². The highest BCUT2D eigenvalue weighted by Crippen LogP contribution is 2.20. The van der Waals surface area contributed by atoms with Crippen molar-refractivity contribution in [1.29, 1.82) is 0 Å². The summed E-state index contributed by atoms with van der Waals surface area (Å²) in [5.74, 6) is -0.415. The second kappa shape index (κ2) is 7.80. The van der Waals surface area contributed by atoms with Crippen molar-refractivity contribution in [3.05, 3.63) is 54.6 Å². The molecule has 2 rings (SSSR count). The molecule has 2 aromatic rings. The van der Waals surface area contributed by atoms with Crippen LogP contribution in [0.5, 0.6) is 0 Å². The minimum atomic E-state index is -3.39. The van der Waals surface area contributed by atoms with Gasteiger partial charge in [0, 0.05) is 12.7 Å². The number of carbonyl (C=O) groups excluding carboxylic acids is 1. The van der Waals surface area contributed by atoms with E-state index in [0.717, 1.165) is 16.2 Å². The molecule has 0 aliphatic rings. The highest BCUT2D eigenvalue weighted by molar-refractivity contribution is 7.88. The van der Waals surface area contributed by atoms with Gasteiger partial charge < -0.3 is 5.32 Å².